The predicted octanol–water partition coefficient (Wildman–Crippen LogP) is 0.824. The molecule has 0 saturated heterocycles. The molecule has 0 rings (SSSR count). The molecule has 0 aromatic heterocycles. The van der Waals surface area contributed by atoms with Crippen molar-refractivity contribution in [2.24, 2.45) is 0 Å². The van der Waals surface area contributed by atoms with Gasteiger partial charge in [0.05, 0.1) is 13.2 Å². The first-order chi connectivity index (χ1) is 6.16. The van der Waals surface area contributed by atoms with Gasteiger partial charge in [0.25, 0.3) is 0 Å². The van der Waals surface area contributed by atoms with E-state index in [2.05, 4.69) is 18.5 Å². The van der Waals surface area contributed by atoms with Crippen LogP contribution in [0.1, 0.15) is 0 Å². The number of hydrogen-bond acceptors (Lipinski definition) is 4. The van der Waals surface area contributed by atoms with Gasteiger partial charge in [0, 0.05) is 19.4 Å². The van der Waals surface area contributed by atoms with E-state index in [-0.39, 0.29) is 12.4 Å². The highest BCUT2D eigenvalue weighted by Crippen LogP contribution is 1.89. The molecule has 0 radical (unpaired) electrons. The molecule has 2 N–H and O–H groups in total. The molecule has 0 saturated carbocycles. The van der Waals surface area contributed by atoms with Crippen LogP contribution in [0.25, 0.3) is 0 Å². The van der Waals surface area contributed by atoms with Gasteiger partial charge in [-0.1, -0.05) is 13.2 Å². The molecule has 0 atom stereocenters. The average molecular weight is 187 g/mol. The number of ether oxygens (including phenoxy) is 2. The summed E-state index contributed by atoms with van der Waals surface area (Å²) < 4.78 is 9.87. The Balaban J connectivity index is 3.25. The summed E-state index contributed by atoms with van der Waals surface area (Å²) in [6, 6.07) is 0. The molecule has 0 aromatic rings. The average Bonchev–Trinajstić information content (AvgIpc) is 2.04. The van der Waals surface area contributed by atoms with E-state index < -0.39 is 0 Å². The minimum Gasteiger partial charge on any atom is -0.510 e. The smallest absolute Gasteiger partial charge is 0.111 e. The maximum absolute atomic E-state index is 8.69. The van der Waals surface area contributed by atoms with Crippen molar-refractivity contribution in [1.29, 1.82) is 0 Å². The fourth-order valence-electron chi connectivity index (χ4n) is 0.673. The summed E-state index contributed by atoms with van der Waals surface area (Å²) in [5.74, 6) is 0.0182. The molecule has 0 fully saturated rings. The van der Waals surface area contributed by atoms with Gasteiger partial charge in [0.2, 0.25) is 0 Å². The number of aliphatic hydroxyl groups excluding tert-OH is 1. The van der Waals surface area contributed by atoms with Crippen molar-refractivity contribution in [3.8, 4) is 0 Å². The highest BCUT2D eigenvalue weighted by molar-refractivity contribution is 4.91. The van der Waals surface area contributed by atoms with Crippen LogP contribution >= 0.6 is 0 Å². The molecule has 4 heteroatoms. The number of hydrogen-bond donors (Lipinski definition) is 2. The van der Waals surface area contributed by atoms with Crippen molar-refractivity contribution in [2.45, 2.75) is 0 Å². The highest BCUT2D eigenvalue weighted by atomic mass is 16.5. The van der Waals surface area contributed by atoms with Gasteiger partial charge in [-0.25, -0.2) is 0 Å². The van der Waals surface area contributed by atoms with Crippen molar-refractivity contribution < 1.29 is 14.6 Å². The summed E-state index contributed by atoms with van der Waals surface area (Å²) in [5.41, 5.74) is 0.762. The van der Waals surface area contributed by atoms with Gasteiger partial charge < -0.3 is 19.9 Å². The summed E-state index contributed by atoms with van der Waals surface area (Å²) in [6.45, 7) is 8.85. The third-order valence-electron chi connectivity index (χ3n) is 1.23. The summed E-state index contributed by atoms with van der Waals surface area (Å²) in [7, 11) is 1.64. The second kappa shape index (κ2) is 7.64. The van der Waals surface area contributed by atoms with Gasteiger partial charge in [-0.15, -0.1) is 0 Å². The molecular weight excluding hydrogens is 170 g/mol. The van der Waals surface area contributed by atoms with Crippen molar-refractivity contribution in [2.75, 3.05) is 33.5 Å². The van der Waals surface area contributed by atoms with E-state index in [1.165, 1.54) is 0 Å². The quantitative estimate of drug-likeness (QED) is 0.436. The van der Waals surface area contributed by atoms with Crippen LogP contribution in [0.3, 0.4) is 0 Å². The third kappa shape index (κ3) is 8.91. The molecule has 0 amide bonds. The van der Waals surface area contributed by atoms with Crippen molar-refractivity contribution in [3.05, 3.63) is 24.6 Å². The van der Waals surface area contributed by atoms with E-state index in [1.807, 2.05) is 0 Å². The summed E-state index contributed by atoms with van der Waals surface area (Å²) in [5, 5.41) is 11.7. The van der Waals surface area contributed by atoms with Crippen LogP contribution in [0.15, 0.2) is 24.6 Å². The normalized spacial score (nSPS) is 9.62. The molecule has 0 aliphatic rings. The van der Waals surface area contributed by atoms with Gasteiger partial charge in [-0.3, -0.25) is 0 Å². The molecule has 0 bridgehead atoms. The molecule has 13 heavy (non-hydrogen) atoms. The molecular formula is C9H17NO3. The summed E-state index contributed by atoms with van der Waals surface area (Å²) >= 11 is 0. The lowest BCUT2D eigenvalue weighted by molar-refractivity contribution is 0.142. The SMILES string of the molecule is C=C(O)COCC(=C)NCCOC. The van der Waals surface area contributed by atoms with Crippen molar-refractivity contribution in [1.82, 2.24) is 5.32 Å². The van der Waals surface area contributed by atoms with E-state index in [0.717, 1.165) is 5.70 Å². The Morgan fingerprint density at radius 3 is 2.62 bits per heavy atom. The van der Waals surface area contributed by atoms with Crippen LogP contribution < -0.4 is 5.32 Å². The summed E-state index contributed by atoms with van der Waals surface area (Å²) in [6.07, 6.45) is 0. The van der Waals surface area contributed by atoms with E-state index in [0.29, 0.717) is 19.8 Å². The molecule has 0 spiro atoms. The first kappa shape index (κ1) is 12.0. The Hall–Kier alpha value is -1.00. The Morgan fingerprint density at radius 2 is 2.08 bits per heavy atom. The lowest BCUT2D eigenvalue weighted by Gasteiger charge is -2.08. The maximum Gasteiger partial charge on any atom is 0.111 e. The second-order valence-electron chi connectivity index (χ2n) is 2.58. The van der Waals surface area contributed by atoms with E-state index in [1.54, 1.807) is 7.11 Å². The third-order valence-corrected chi connectivity index (χ3v) is 1.23. The molecule has 0 aliphatic heterocycles. The number of aliphatic hydroxyl groups is 1. The second-order valence-corrected chi connectivity index (χ2v) is 2.58. The fourth-order valence-corrected chi connectivity index (χ4v) is 0.673. The lowest BCUT2D eigenvalue weighted by Crippen LogP contribution is -2.21. The highest BCUT2D eigenvalue weighted by Gasteiger charge is 1.94. The van der Waals surface area contributed by atoms with Crippen molar-refractivity contribution in [3.63, 3.8) is 0 Å². The zero-order chi connectivity index (χ0) is 10.1. The Kier molecular flexibility index (Phi) is 7.05. The van der Waals surface area contributed by atoms with E-state index >= 15 is 0 Å². The summed E-state index contributed by atoms with van der Waals surface area (Å²) in [4.78, 5) is 0. The lowest BCUT2D eigenvalue weighted by atomic mass is 10.5. The van der Waals surface area contributed by atoms with Gasteiger partial charge in [-0.2, -0.15) is 0 Å². The molecule has 0 aliphatic carbocycles. The topological polar surface area (TPSA) is 50.7 Å². The zero-order valence-corrected chi connectivity index (χ0v) is 8.01. The van der Waals surface area contributed by atoms with Crippen LogP contribution in [0.5, 0.6) is 0 Å². The van der Waals surface area contributed by atoms with Crippen LogP contribution in [0.2, 0.25) is 0 Å². The number of methoxy groups -OCH3 is 1. The van der Waals surface area contributed by atoms with Gasteiger partial charge >= 0.3 is 0 Å². The minimum atomic E-state index is 0.0182. The van der Waals surface area contributed by atoms with Gasteiger partial charge in [0.15, 0.2) is 0 Å². The standard InChI is InChI=1S/C9H17NO3/c1-8(10-4-5-12-3)6-13-7-9(2)11/h10-11H,1-2,4-7H2,3H3. The minimum absolute atomic E-state index is 0.0182. The predicted molar refractivity (Wildman–Crippen MR) is 51.6 cm³/mol. The molecule has 0 aromatic carbocycles. The zero-order valence-electron chi connectivity index (χ0n) is 8.01. The monoisotopic (exact) mass is 187 g/mol. The Morgan fingerprint density at radius 1 is 1.38 bits per heavy atom. The fraction of sp³-hybridized carbons (Fsp3) is 0.556. The van der Waals surface area contributed by atoms with Crippen LogP contribution in [-0.4, -0.2) is 38.6 Å². The van der Waals surface area contributed by atoms with E-state index in [4.69, 9.17) is 14.6 Å². The molecule has 0 unspecified atom stereocenters. The Bertz CT molecular complexity index is 168. The van der Waals surface area contributed by atoms with Crippen LogP contribution in [0, 0.1) is 0 Å². The van der Waals surface area contributed by atoms with Crippen molar-refractivity contribution >= 4 is 0 Å². The largest absolute Gasteiger partial charge is 0.510 e. The molecule has 76 valence electrons. The maximum atomic E-state index is 8.69. The number of rotatable bonds is 8. The van der Waals surface area contributed by atoms with Gasteiger partial charge in [-0.05, 0) is 0 Å². The molecule has 4 nitrogen and oxygen atoms in total. The molecule has 0 heterocycles. The van der Waals surface area contributed by atoms with E-state index in [9.17, 15) is 0 Å². The Labute approximate surface area is 78.9 Å². The van der Waals surface area contributed by atoms with Crippen LogP contribution in [-0.2, 0) is 9.47 Å². The number of nitrogens with one attached hydrogen (secondary N) is 1. The first-order valence-corrected chi connectivity index (χ1v) is 4.02. The first-order valence-electron chi connectivity index (χ1n) is 4.02. The van der Waals surface area contributed by atoms with Crippen LogP contribution in [0.4, 0.5) is 0 Å². The van der Waals surface area contributed by atoms with Gasteiger partial charge in [0.1, 0.15) is 12.4 Å².